The van der Waals surface area contributed by atoms with Gasteiger partial charge in [-0.2, -0.15) is 0 Å². The molecule has 1 aromatic carbocycles. The summed E-state index contributed by atoms with van der Waals surface area (Å²) < 4.78 is 14.5. The summed E-state index contributed by atoms with van der Waals surface area (Å²) in [6.45, 7) is 1.89. The third kappa shape index (κ3) is 4.11. The lowest BCUT2D eigenvalue weighted by Crippen LogP contribution is -2.17. The van der Waals surface area contributed by atoms with Crippen LogP contribution in [0.25, 0.3) is 0 Å². The van der Waals surface area contributed by atoms with E-state index in [9.17, 15) is 4.39 Å². The Labute approximate surface area is 125 Å². The first-order valence-electron chi connectivity index (χ1n) is 5.97. The van der Waals surface area contributed by atoms with Crippen molar-refractivity contribution in [3.05, 3.63) is 55.9 Å². The Morgan fingerprint density at radius 3 is 2.63 bits per heavy atom. The molecule has 0 unspecified atom stereocenters. The predicted octanol–water partition coefficient (Wildman–Crippen LogP) is 3.74. The minimum absolute atomic E-state index is 0.226. The van der Waals surface area contributed by atoms with E-state index in [2.05, 4.69) is 39.3 Å². The van der Waals surface area contributed by atoms with Crippen LogP contribution in [0, 0.1) is 5.82 Å². The van der Waals surface area contributed by atoms with Gasteiger partial charge >= 0.3 is 0 Å². The van der Waals surface area contributed by atoms with Gasteiger partial charge in [0.15, 0.2) is 0 Å². The molecule has 0 spiro atoms. The highest BCUT2D eigenvalue weighted by molar-refractivity contribution is 9.11. The van der Waals surface area contributed by atoms with Gasteiger partial charge in [0.2, 0.25) is 0 Å². The van der Waals surface area contributed by atoms with Crippen molar-refractivity contribution in [2.45, 2.75) is 19.6 Å². The molecule has 19 heavy (non-hydrogen) atoms. The Morgan fingerprint density at radius 2 is 2.00 bits per heavy atom. The summed E-state index contributed by atoms with van der Waals surface area (Å²) in [4.78, 5) is 2.20. The molecule has 2 nitrogen and oxygen atoms in total. The number of hydrogen-bond donors (Lipinski definition) is 1. The predicted molar refractivity (Wildman–Crippen MR) is 81.5 cm³/mol. The van der Waals surface area contributed by atoms with Crippen molar-refractivity contribution in [1.82, 2.24) is 4.90 Å². The molecular formula is C14H16BrFN2S. The summed E-state index contributed by atoms with van der Waals surface area (Å²) in [5, 5.41) is 2.14. The molecule has 2 N–H and O–H groups in total. The van der Waals surface area contributed by atoms with E-state index in [-0.39, 0.29) is 12.4 Å². The average Bonchev–Trinajstić information content (AvgIpc) is 2.77. The summed E-state index contributed by atoms with van der Waals surface area (Å²) >= 11 is 5.14. The van der Waals surface area contributed by atoms with Gasteiger partial charge < -0.3 is 5.73 Å². The lowest BCUT2D eigenvalue weighted by atomic mass is 10.1. The quantitative estimate of drug-likeness (QED) is 0.896. The van der Waals surface area contributed by atoms with E-state index in [1.165, 1.54) is 11.6 Å². The molecule has 2 aromatic rings. The maximum atomic E-state index is 13.4. The van der Waals surface area contributed by atoms with Crippen molar-refractivity contribution in [2.75, 3.05) is 7.05 Å². The molecule has 0 aliphatic carbocycles. The summed E-state index contributed by atoms with van der Waals surface area (Å²) in [6.07, 6.45) is 0. The number of rotatable bonds is 5. The molecule has 5 heteroatoms. The van der Waals surface area contributed by atoms with Crippen LogP contribution in [0.15, 0.2) is 33.4 Å². The Morgan fingerprint density at radius 1 is 1.26 bits per heavy atom. The van der Waals surface area contributed by atoms with Crippen LogP contribution in [0.2, 0.25) is 0 Å². The number of thiophene rings is 1. The molecule has 102 valence electrons. The summed E-state index contributed by atoms with van der Waals surface area (Å²) in [6, 6.07) is 7.27. The molecule has 0 aliphatic rings. The SMILES string of the molecule is CN(Cc1csc(Br)c1)Cc1ccc(F)c(CN)c1. The number of nitrogens with zero attached hydrogens (tertiary/aromatic N) is 1. The normalized spacial score (nSPS) is 11.2. The third-order valence-electron chi connectivity index (χ3n) is 2.86. The van der Waals surface area contributed by atoms with E-state index >= 15 is 0 Å². The second-order valence-corrected chi connectivity index (χ2v) is 6.85. The van der Waals surface area contributed by atoms with Gasteiger partial charge in [-0.15, -0.1) is 11.3 Å². The topological polar surface area (TPSA) is 29.3 Å². The molecule has 0 fully saturated rings. The van der Waals surface area contributed by atoms with Crippen LogP contribution in [0.1, 0.15) is 16.7 Å². The van der Waals surface area contributed by atoms with Gasteiger partial charge in [0.1, 0.15) is 5.82 Å². The van der Waals surface area contributed by atoms with E-state index in [4.69, 9.17) is 5.73 Å². The van der Waals surface area contributed by atoms with Gasteiger partial charge in [0.25, 0.3) is 0 Å². The Hall–Kier alpha value is -0.750. The van der Waals surface area contributed by atoms with Crippen molar-refractivity contribution in [2.24, 2.45) is 5.73 Å². The highest BCUT2D eigenvalue weighted by atomic mass is 79.9. The number of halogens is 2. The van der Waals surface area contributed by atoms with E-state index in [1.807, 2.05) is 12.1 Å². The second-order valence-electron chi connectivity index (χ2n) is 4.56. The van der Waals surface area contributed by atoms with Crippen molar-refractivity contribution in [3.8, 4) is 0 Å². The Kier molecular flexibility index (Phi) is 5.10. The van der Waals surface area contributed by atoms with Gasteiger partial charge in [-0.25, -0.2) is 4.39 Å². The highest BCUT2D eigenvalue weighted by Gasteiger charge is 2.06. The van der Waals surface area contributed by atoms with Crippen LogP contribution in [0.3, 0.4) is 0 Å². The Balaban J connectivity index is 2.00. The number of hydrogen-bond acceptors (Lipinski definition) is 3. The van der Waals surface area contributed by atoms with Crippen LogP contribution in [-0.2, 0) is 19.6 Å². The molecular weight excluding hydrogens is 327 g/mol. The maximum absolute atomic E-state index is 13.4. The van der Waals surface area contributed by atoms with Crippen molar-refractivity contribution < 1.29 is 4.39 Å². The molecule has 1 heterocycles. The largest absolute Gasteiger partial charge is 0.326 e. The van der Waals surface area contributed by atoms with Crippen LogP contribution in [0.5, 0.6) is 0 Å². The van der Waals surface area contributed by atoms with Gasteiger partial charge in [-0.3, -0.25) is 4.90 Å². The van der Waals surface area contributed by atoms with E-state index < -0.39 is 0 Å². The van der Waals surface area contributed by atoms with Crippen LogP contribution < -0.4 is 5.73 Å². The highest BCUT2D eigenvalue weighted by Crippen LogP contribution is 2.22. The molecule has 0 bridgehead atoms. The fraction of sp³-hybridized carbons (Fsp3) is 0.286. The van der Waals surface area contributed by atoms with E-state index in [0.717, 1.165) is 22.4 Å². The molecule has 2 rings (SSSR count). The van der Waals surface area contributed by atoms with E-state index in [1.54, 1.807) is 11.3 Å². The zero-order valence-electron chi connectivity index (χ0n) is 10.7. The monoisotopic (exact) mass is 342 g/mol. The zero-order valence-corrected chi connectivity index (χ0v) is 13.1. The lowest BCUT2D eigenvalue weighted by Gasteiger charge is -2.16. The molecule has 0 saturated carbocycles. The zero-order chi connectivity index (χ0) is 13.8. The van der Waals surface area contributed by atoms with Crippen molar-refractivity contribution in [3.63, 3.8) is 0 Å². The standard InChI is InChI=1S/C14H16BrFN2S/c1-18(8-11-5-14(15)19-9-11)7-10-2-3-13(16)12(4-10)6-17/h2-5,9H,6-8,17H2,1H3. The van der Waals surface area contributed by atoms with Gasteiger partial charge in [-0.1, -0.05) is 12.1 Å². The first-order chi connectivity index (χ1) is 9.08. The van der Waals surface area contributed by atoms with E-state index in [0.29, 0.717) is 5.56 Å². The lowest BCUT2D eigenvalue weighted by molar-refractivity contribution is 0.319. The fourth-order valence-corrected chi connectivity index (χ4v) is 3.19. The van der Waals surface area contributed by atoms with Crippen molar-refractivity contribution in [1.29, 1.82) is 0 Å². The number of benzene rings is 1. The summed E-state index contributed by atoms with van der Waals surface area (Å²) in [5.74, 6) is -0.226. The molecule has 0 atom stereocenters. The fourth-order valence-electron chi connectivity index (χ4n) is 1.99. The van der Waals surface area contributed by atoms with Crippen molar-refractivity contribution >= 4 is 27.3 Å². The molecule has 0 aliphatic heterocycles. The first kappa shape index (κ1) is 14.7. The molecule has 0 saturated heterocycles. The maximum Gasteiger partial charge on any atom is 0.127 e. The molecule has 0 radical (unpaired) electrons. The third-order valence-corrected chi connectivity index (χ3v) is 4.41. The van der Waals surface area contributed by atoms with Crippen LogP contribution >= 0.6 is 27.3 Å². The summed E-state index contributed by atoms with van der Waals surface area (Å²) in [5.41, 5.74) is 8.45. The average molecular weight is 343 g/mol. The Bertz CT molecular complexity index is 556. The smallest absolute Gasteiger partial charge is 0.127 e. The molecule has 1 aromatic heterocycles. The number of nitrogens with two attached hydrogens (primary N) is 1. The summed E-state index contributed by atoms with van der Waals surface area (Å²) in [7, 11) is 2.05. The van der Waals surface area contributed by atoms with Crippen LogP contribution in [0.4, 0.5) is 4.39 Å². The minimum atomic E-state index is -0.226. The van der Waals surface area contributed by atoms with Crippen LogP contribution in [-0.4, -0.2) is 11.9 Å². The first-order valence-corrected chi connectivity index (χ1v) is 7.64. The van der Waals surface area contributed by atoms with Gasteiger partial charge in [-0.05, 0) is 51.6 Å². The molecule has 0 amide bonds. The second kappa shape index (κ2) is 6.61. The van der Waals surface area contributed by atoms with Gasteiger partial charge in [0.05, 0.1) is 3.79 Å². The minimum Gasteiger partial charge on any atom is -0.326 e. The van der Waals surface area contributed by atoms with Gasteiger partial charge in [0, 0.05) is 25.2 Å².